The van der Waals surface area contributed by atoms with Crippen LogP contribution in [0, 0.1) is 11.3 Å². The van der Waals surface area contributed by atoms with Gasteiger partial charge in [0.15, 0.2) is 0 Å². The third-order valence-corrected chi connectivity index (χ3v) is 3.65. The van der Waals surface area contributed by atoms with E-state index in [-0.39, 0.29) is 0 Å². The predicted molar refractivity (Wildman–Crippen MR) is 82.9 cm³/mol. The third-order valence-electron chi connectivity index (χ3n) is 3.03. The van der Waals surface area contributed by atoms with E-state index in [1.54, 1.807) is 18.2 Å². The second kappa shape index (κ2) is 5.36. The number of ether oxygens (including phenoxy) is 1. The van der Waals surface area contributed by atoms with Gasteiger partial charge in [0.2, 0.25) is 0 Å². The number of rotatable bonds is 2. The van der Waals surface area contributed by atoms with E-state index in [0.29, 0.717) is 11.3 Å². The third kappa shape index (κ3) is 2.38. The van der Waals surface area contributed by atoms with Crippen LogP contribution < -0.4 is 4.74 Å². The summed E-state index contributed by atoms with van der Waals surface area (Å²) in [5.41, 5.74) is 0.599. The minimum Gasteiger partial charge on any atom is -0.456 e. The molecule has 20 heavy (non-hydrogen) atoms. The summed E-state index contributed by atoms with van der Waals surface area (Å²) >= 11 is 3.43. The molecular formula is C17H10BrNO. The first-order chi connectivity index (χ1) is 9.78. The van der Waals surface area contributed by atoms with Crippen molar-refractivity contribution in [2.75, 3.05) is 0 Å². The van der Waals surface area contributed by atoms with Gasteiger partial charge in [-0.15, -0.1) is 0 Å². The molecule has 3 aromatic rings. The quantitative estimate of drug-likeness (QED) is 0.643. The summed E-state index contributed by atoms with van der Waals surface area (Å²) in [4.78, 5) is 0. The van der Waals surface area contributed by atoms with Crippen molar-refractivity contribution in [3.8, 4) is 17.6 Å². The molecule has 0 spiro atoms. The lowest BCUT2D eigenvalue weighted by Crippen LogP contribution is -1.87. The first-order valence-corrected chi connectivity index (χ1v) is 6.92. The first-order valence-electron chi connectivity index (χ1n) is 6.13. The second-order valence-corrected chi connectivity index (χ2v) is 5.19. The fourth-order valence-electron chi connectivity index (χ4n) is 2.06. The number of hydrogen-bond donors (Lipinski definition) is 0. The van der Waals surface area contributed by atoms with Crippen LogP contribution in [0.15, 0.2) is 65.1 Å². The van der Waals surface area contributed by atoms with Gasteiger partial charge < -0.3 is 4.74 Å². The van der Waals surface area contributed by atoms with Gasteiger partial charge in [-0.1, -0.05) is 36.4 Å². The van der Waals surface area contributed by atoms with Crippen molar-refractivity contribution >= 4 is 26.7 Å². The summed E-state index contributed by atoms with van der Waals surface area (Å²) in [5.74, 6) is 1.49. The molecule has 0 aromatic heterocycles. The zero-order chi connectivity index (χ0) is 13.9. The van der Waals surface area contributed by atoms with Crippen LogP contribution in [0.4, 0.5) is 0 Å². The highest BCUT2D eigenvalue weighted by Gasteiger charge is 2.06. The zero-order valence-electron chi connectivity index (χ0n) is 10.5. The van der Waals surface area contributed by atoms with Gasteiger partial charge in [-0.25, -0.2) is 0 Å². The Labute approximate surface area is 125 Å². The summed E-state index contributed by atoms with van der Waals surface area (Å²) in [5, 5.41) is 11.1. The molecule has 0 aliphatic heterocycles. The molecule has 0 saturated heterocycles. The number of nitrogens with zero attached hydrogens (tertiary/aromatic N) is 1. The van der Waals surface area contributed by atoms with E-state index in [1.165, 1.54) is 0 Å². The van der Waals surface area contributed by atoms with Crippen LogP contribution >= 0.6 is 15.9 Å². The molecule has 3 heteroatoms. The lowest BCUT2D eigenvalue weighted by molar-refractivity contribution is 0.485. The van der Waals surface area contributed by atoms with Gasteiger partial charge in [0.05, 0.1) is 16.1 Å². The van der Waals surface area contributed by atoms with Gasteiger partial charge in [-0.05, 0) is 45.6 Å². The van der Waals surface area contributed by atoms with Crippen LogP contribution in [-0.4, -0.2) is 0 Å². The van der Waals surface area contributed by atoms with Crippen molar-refractivity contribution in [3.05, 3.63) is 70.7 Å². The fraction of sp³-hybridized carbons (Fsp3) is 0. The molecular weight excluding hydrogens is 314 g/mol. The standard InChI is InChI=1S/C17H10BrNO/c18-15-10-12(11-19)8-9-17(15)20-16-7-3-5-13-4-1-2-6-14(13)16/h1-10H. The maximum Gasteiger partial charge on any atom is 0.141 e. The second-order valence-electron chi connectivity index (χ2n) is 4.34. The van der Waals surface area contributed by atoms with Gasteiger partial charge in [-0.3, -0.25) is 0 Å². The molecule has 3 aromatic carbocycles. The maximum absolute atomic E-state index is 8.87. The molecule has 0 saturated carbocycles. The largest absolute Gasteiger partial charge is 0.456 e. The van der Waals surface area contributed by atoms with E-state index in [4.69, 9.17) is 10.00 Å². The van der Waals surface area contributed by atoms with Crippen LogP contribution in [0.2, 0.25) is 0 Å². The van der Waals surface area contributed by atoms with Crippen molar-refractivity contribution in [2.45, 2.75) is 0 Å². The molecule has 0 fully saturated rings. The summed E-state index contributed by atoms with van der Waals surface area (Å²) in [6.45, 7) is 0. The minimum atomic E-state index is 0.599. The molecule has 0 heterocycles. The number of fused-ring (bicyclic) bond motifs is 1. The number of nitriles is 1. The topological polar surface area (TPSA) is 33.0 Å². The molecule has 0 aliphatic rings. The monoisotopic (exact) mass is 323 g/mol. The molecule has 96 valence electrons. The van der Waals surface area contributed by atoms with E-state index in [9.17, 15) is 0 Å². The average Bonchev–Trinajstić information content (AvgIpc) is 2.49. The van der Waals surface area contributed by atoms with Crippen LogP contribution in [-0.2, 0) is 0 Å². The van der Waals surface area contributed by atoms with E-state index >= 15 is 0 Å². The predicted octanol–water partition coefficient (Wildman–Crippen LogP) is 5.27. The smallest absolute Gasteiger partial charge is 0.141 e. The Hall–Kier alpha value is -2.31. The van der Waals surface area contributed by atoms with Crippen LogP contribution in [0.3, 0.4) is 0 Å². The summed E-state index contributed by atoms with van der Waals surface area (Å²) in [6, 6.07) is 21.4. The molecule has 3 rings (SSSR count). The highest BCUT2D eigenvalue weighted by Crippen LogP contribution is 2.34. The maximum atomic E-state index is 8.87. The van der Waals surface area contributed by atoms with Crippen molar-refractivity contribution in [1.29, 1.82) is 5.26 Å². The molecule has 0 amide bonds. The van der Waals surface area contributed by atoms with Crippen LogP contribution in [0.1, 0.15) is 5.56 Å². The molecule has 0 bridgehead atoms. The SMILES string of the molecule is N#Cc1ccc(Oc2cccc3ccccc23)c(Br)c1. The number of halogens is 1. The fourth-order valence-corrected chi connectivity index (χ4v) is 2.52. The highest BCUT2D eigenvalue weighted by atomic mass is 79.9. The number of hydrogen-bond acceptors (Lipinski definition) is 2. The zero-order valence-corrected chi connectivity index (χ0v) is 12.1. The van der Waals surface area contributed by atoms with Crippen molar-refractivity contribution < 1.29 is 4.74 Å². The Balaban J connectivity index is 2.04. The van der Waals surface area contributed by atoms with Gasteiger partial charge in [0.1, 0.15) is 11.5 Å². The van der Waals surface area contributed by atoms with E-state index in [2.05, 4.69) is 34.1 Å². The molecule has 0 unspecified atom stereocenters. The Kier molecular flexibility index (Phi) is 3.41. The van der Waals surface area contributed by atoms with Crippen molar-refractivity contribution in [1.82, 2.24) is 0 Å². The Morgan fingerprint density at radius 1 is 0.900 bits per heavy atom. The molecule has 0 radical (unpaired) electrons. The molecule has 0 atom stereocenters. The van der Waals surface area contributed by atoms with Gasteiger partial charge >= 0.3 is 0 Å². The van der Waals surface area contributed by atoms with E-state index in [0.717, 1.165) is 21.0 Å². The minimum absolute atomic E-state index is 0.599. The Morgan fingerprint density at radius 2 is 1.70 bits per heavy atom. The Bertz CT molecular complexity index is 815. The van der Waals surface area contributed by atoms with Gasteiger partial charge in [0, 0.05) is 5.39 Å². The average molecular weight is 324 g/mol. The lowest BCUT2D eigenvalue weighted by Gasteiger charge is -2.10. The molecule has 0 N–H and O–H groups in total. The Morgan fingerprint density at radius 3 is 2.50 bits per heavy atom. The lowest BCUT2D eigenvalue weighted by atomic mass is 10.1. The van der Waals surface area contributed by atoms with Gasteiger partial charge in [0.25, 0.3) is 0 Å². The normalized spacial score (nSPS) is 10.2. The van der Waals surface area contributed by atoms with E-state index in [1.807, 2.05) is 30.3 Å². The van der Waals surface area contributed by atoms with Gasteiger partial charge in [-0.2, -0.15) is 5.26 Å². The molecule has 2 nitrogen and oxygen atoms in total. The number of benzene rings is 3. The molecule has 0 aliphatic carbocycles. The van der Waals surface area contributed by atoms with Crippen LogP contribution in [0.25, 0.3) is 10.8 Å². The van der Waals surface area contributed by atoms with Crippen LogP contribution in [0.5, 0.6) is 11.5 Å². The summed E-state index contributed by atoms with van der Waals surface area (Å²) < 4.78 is 6.73. The first kappa shape index (κ1) is 12.7. The summed E-state index contributed by atoms with van der Waals surface area (Å²) in [7, 11) is 0. The highest BCUT2D eigenvalue weighted by molar-refractivity contribution is 9.10. The van der Waals surface area contributed by atoms with Crippen molar-refractivity contribution in [2.24, 2.45) is 0 Å². The summed E-state index contributed by atoms with van der Waals surface area (Å²) in [6.07, 6.45) is 0. The van der Waals surface area contributed by atoms with E-state index < -0.39 is 0 Å². The van der Waals surface area contributed by atoms with Crippen molar-refractivity contribution in [3.63, 3.8) is 0 Å².